The average Bonchev–Trinajstić information content (AvgIpc) is 2.61. The molecule has 0 amide bonds. The van der Waals surface area contributed by atoms with Crippen molar-refractivity contribution in [1.82, 2.24) is 4.57 Å². The standard InChI is InChI=1S/C15H17NO/c1-4-8-14(17)15-11(3)16(5-2)13-10-7-6-9-12(13)15/h4,6-10H,5H2,1-3H3/b8-4+. The molecule has 1 heterocycles. The van der Waals surface area contributed by atoms with E-state index in [2.05, 4.69) is 17.6 Å². The van der Waals surface area contributed by atoms with E-state index in [4.69, 9.17) is 0 Å². The molecule has 0 fully saturated rings. The lowest BCUT2D eigenvalue weighted by Gasteiger charge is -2.03. The molecule has 0 radical (unpaired) electrons. The van der Waals surface area contributed by atoms with Crippen LogP contribution in [0, 0.1) is 6.92 Å². The van der Waals surface area contributed by atoms with Crippen molar-refractivity contribution in [1.29, 1.82) is 0 Å². The van der Waals surface area contributed by atoms with Gasteiger partial charge in [-0.15, -0.1) is 0 Å². The normalized spacial score (nSPS) is 11.5. The van der Waals surface area contributed by atoms with Crippen LogP contribution in [0.5, 0.6) is 0 Å². The molecule has 0 N–H and O–H groups in total. The van der Waals surface area contributed by atoms with E-state index in [1.165, 1.54) is 0 Å². The summed E-state index contributed by atoms with van der Waals surface area (Å²) in [5.41, 5.74) is 3.03. The molecule has 17 heavy (non-hydrogen) atoms. The largest absolute Gasteiger partial charge is 0.344 e. The molecule has 2 aromatic rings. The van der Waals surface area contributed by atoms with Crippen LogP contribution in [0.25, 0.3) is 10.9 Å². The van der Waals surface area contributed by atoms with Crippen molar-refractivity contribution >= 4 is 16.7 Å². The summed E-state index contributed by atoms with van der Waals surface area (Å²) in [4.78, 5) is 12.1. The Hall–Kier alpha value is -1.83. The lowest BCUT2D eigenvalue weighted by atomic mass is 10.1. The van der Waals surface area contributed by atoms with Crippen molar-refractivity contribution in [3.8, 4) is 0 Å². The molecule has 2 nitrogen and oxygen atoms in total. The lowest BCUT2D eigenvalue weighted by molar-refractivity contribution is 0.104. The van der Waals surface area contributed by atoms with E-state index < -0.39 is 0 Å². The highest BCUT2D eigenvalue weighted by atomic mass is 16.1. The van der Waals surface area contributed by atoms with Gasteiger partial charge >= 0.3 is 0 Å². The second kappa shape index (κ2) is 4.58. The number of allylic oxidation sites excluding steroid dienone is 2. The van der Waals surface area contributed by atoms with Crippen LogP contribution in [-0.4, -0.2) is 10.4 Å². The minimum Gasteiger partial charge on any atom is -0.344 e. The molecule has 88 valence electrons. The van der Waals surface area contributed by atoms with Gasteiger partial charge in [0.05, 0.1) is 5.56 Å². The van der Waals surface area contributed by atoms with Gasteiger partial charge in [-0.3, -0.25) is 4.79 Å². The molecule has 2 heteroatoms. The maximum atomic E-state index is 12.1. The predicted molar refractivity (Wildman–Crippen MR) is 71.5 cm³/mol. The first-order chi connectivity index (χ1) is 8.20. The van der Waals surface area contributed by atoms with Crippen molar-refractivity contribution in [2.45, 2.75) is 27.3 Å². The number of benzene rings is 1. The molecule has 0 aliphatic heterocycles. The van der Waals surface area contributed by atoms with E-state index in [1.807, 2.05) is 32.0 Å². The molecule has 2 rings (SSSR count). The van der Waals surface area contributed by atoms with Crippen molar-refractivity contribution < 1.29 is 4.79 Å². The Kier molecular flexibility index (Phi) is 3.14. The minimum atomic E-state index is 0.0911. The van der Waals surface area contributed by atoms with Crippen molar-refractivity contribution in [2.75, 3.05) is 0 Å². The summed E-state index contributed by atoms with van der Waals surface area (Å²) in [6.45, 7) is 6.87. The molecule has 0 aliphatic carbocycles. The van der Waals surface area contributed by atoms with Crippen LogP contribution < -0.4 is 0 Å². The number of carbonyl (C=O) groups is 1. The number of hydrogen-bond acceptors (Lipinski definition) is 1. The summed E-state index contributed by atoms with van der Waals surface area (Å²) in [5, 5.41) is 1.05. The number of rotatable bonds is 3. The summed E-state index contributed by atoms with van der Waals surface area (Å²) in [6, 6.07) is 8.08. The topological polar surface area (TPSA) is 22.0 Å². The molecule has 0 saturated carbocycles. The monoisotopic (exact) mass is 227 g/mol. The summed E-state index contributed by atoms with van der Waals surface area (Å²) >= 11 is 0. The fraction of sp³-hybridized carbons (Fsp3) is 0.267. The SMILES string of the molecule is C/C=C/C(=O)c1c(C)n(CC)c2ccccc12. The van der Waals surface area contributed by atoms with E-state index in [0.717, 1.165) is 28.7 Å². The highest BCUT2D eigenvalue weighted by molar-refractivity contribution is 6.14. The number of para-hydroxylation sites is 1. The van der Waals surface area contributed by atoms with Crippen molar-refractivity contribution in [3.63, 3.8) is 0 Å². The third-order valence-electron chi connectivity index (χ3n) is 3.11. The second-order valence-electron chi connectivity index (χ2n) is 4.09. The van der Waals surface area contributed by atoms with Gasteiger partial charge in [0, 0.05) is 23.1 Å². The van der Waals surface area contributed by atoms with E-state index in [1.54, 1.807) is 12.2 Å². The van der Waals surface area contributed by atoms with E-state index in [0.29, 0.717) is 0 Å². The second-order valence-corrected chi connectivity index (χ2v) is 4.09. The highest BCUT2D eigenvalue weighted by Crippen LogP contribution is 2.26. The number of hydrogen-bond donors (Lipinski definition) is 0. The zero-order chi connectivity index (χ0) is 12.4. The predicted octanol–water partition coefficient (Wildman–Crippen LogP) is 3.73. The maximum Gasteiger partial charge on any atom is 0.187 e. The molecular formula is C15H17NO. The number of carbonyl (C=O) groups excluding carboxylic acids is 1. The zero-order valence-corrected chi connectivity index (χ0v) is 10.5. The quantitative estimate of drug-likeness (QED) is 0.578. The van der Waals surface area contributed by atoms with Gasteiger partial charge in [0.1, 0.15) is 0 Å². The Morgan fingerprint density at radius 1 is 1.35 bits per heavy atom. The fourth-order valence-corrected chi connectivity index (χ4v) is 2.38. The Bertz CT molecular complexity index is 590. The smallest absolute Gasteiger partial charge is 0.187 e. The number of fused-ring (bicyclic) bond motifs is 1. The van der Waals surface area contributed by atoms with E-state index >= 15 is 0 Å². The summed E-state index contributed by atoms with van der Waals surface area (Å²) in [7, 11) is 0. The first kappa shape index (κ1) is 11.6. The van der Waals surface area contributed by atoms with Crippen LogP contribution in [0.2, 0.25) is 0 Å². The summed E-state index contributed by atoms with van der Waals surface area (Å²) < 4.78 is 2.19. The fourth-order valence-electron chi connectivity index (χ4n) is 2.38. The van der Waals surface area contributed by atoms with Gasteiger partial charge in [-0.25, -0.2) is 0 Å². The van der Waals surface area contributed by atoms with Crippen LogP contribution in [0.4, 0.5) is 0 Å². The van der Waals surface area contributed by atoms with Crippen LogP contribution >= 0.6 is 0 Å². The maximum absolute atomic E-state index is 12.1. The minimum absolute atomic E-state index is 0.0911. The van der Waals surface area contributed by atoms with Gasteiger partial charge in [0.25, 0.3) is 0 Å². The van der Waals surface area contributed by atoms with Gasteiger partial charge in [-0.1, -0.05) is 24.3 Å². The van der Waals surface area contributed by atoms with Gasteiger partial charge in [0.15, 0.2) is 5.78 Å². The molecule has 1 aromatic carbocycles. The lowest BCUT2D eigenvalue weighted by Crippen LogP contribution is -2.00. The van der Waals surface area contributed by atoms with Crippen molar-refractivity contribution in [2.24, 2.45) is 0 Å². The summed E-state index contributed by atoms with van der Waals surface area (Å²) in [6.07, 6.45) is 3.43. The first-order valence-corrected chi connectivity index (χ1v) is 5.95. The molecule has 0 bridgehead atoms. The number of nitrogens with zero attached hydrogens (tertiary/aromatic N) is 1. The average molecular weight is 227 g/mol. The van der Waals surface area contributed by atoms with Crippen LogP contribution in [0.1, 0.15) is 29.9 Å². The van der Waals surface area contributed by atoms with E-state index in [9.17, 15) is 4.79 Å². The zero-order valence-electron chi connectivity index (χ0n) is 10.5. The molecule has 0 atom stereocenters. The molecule has 1 aromatic heterocycles. The Labute approximate surface area is 102 Å². The Balaban J connectivity index is 2.78. The molecule has 0 spiro atoms. The Morgan fingerprint density at radius 3 is 2.71 bits per heavy atom. The van der Waals surface area contributed by atoms with Crippen LogP contribution in [0.15, 0.2) is 36.4 Å². The third-order valence-corrected chi connectivity index (χ3v) is 3.11. The number of ketones is 1. The molecule has 0 saturated heterocycles. The highest BCUT2D eigenvalue weighted by Gasteiger charge is 2.16. The number of aryl methyl sites for hydroxylation is 1. The van der Waals surface area contributed by atoms with Gasteiger partial charge in [0.2, 0.25) is 0 Å². The van der Waals surface area contributed by atoms with Gasteiger partial charge in [-0.2, -0.15) is 0 Å². The summed E-state index contributed by atoms with van der Waals surface area (Å²) in [5.74, 6) is 0.0911. The molecular weight excluding hydrogens is 210 g/mol. The van der Waals surface area contributed by atoms with Crippen LogP contribution in [0.3, 0.4) is 0 Å². The molecule has 0 aliphatic rings. The van der Waals surface area contributed by atoms with Crippen molar-refractivity contribution in [3.05, 3.63) is 47.7 Å². The van der Waals surface area contributed by atoms with E-state index in [-0.39, 0.29) is 5.78 Å². The number of aromatic nitrogens is 1. The van der Waals surface area contributed by atoms with Crippen LogP contribution in [-0.2, 0) is 6.54 Å². The molecule has 0 unspecified atom stereocenters. The third kappa shape index (κ3) is 1.80. The van der Waals surface area contributed by atoms with Gasteiger partial charge < -0.3 is 4.57 Å². The van der Waals surface area contributed by atoms with Gasteiger partial charge in [-0.05, 0) is 32.9 Å². The Morgan fingerprint density at radius 2 is 2.06 bits per heavy atom. The first-order valence-electron chi connectivity index (χ1n) is 5.95.